The summed E-state index contributed by atoms with van der Waals surface area (Å²) in [6.45, 7) is 0.562. The Balaban J connectivity index is 1.68. The van der Waals surface area contributed by atoms with Crippen LogP contribution in [0.1, 0.15) is 16.7 Å². The molecule has 0 N–H and O–H groups in total. The van der Waals surface area contributed by atoms with Crippen LogP contribution in [0, 0.1) is 11.3 Å². The lowest BCUT2D eigenvalue weighted by atomic mass is 10.1. The summed E-state index contributed by atoms with van der Waals surface area (Å²) >= 11 is 6.13. The third-order valence-electron chi connectivity index (χ3n) is 3.72. The second kappa shape index (κ2) is 7.29. The van der Waals surface area contributed by atoms with Gasteiger partial charge in [-0.3, -0.25) is 4.79 Å². The normalized spacial score (nSPS) is 12.2. The van der Waals surface area contributed by atoms with Crippen molar-refractivity contribution in [2.75, 3.05) is 13.8 Å². The number of amides is 1. The van der Waals surface area contributed by atoms with Crippen molar-refractivity contribution in [1.82, 2.24) is 4.90 Å². The lowest BCUT2D eigenvalue weighted by molar-refractivity contribution is -0.125. The molecule has 0 radical (unpaired) electrons. The molecule has 1 amide bonds. The quantitative estimate of drug-likeness (QED) is 0.787. The van der Waals surface area contributed by atoms with Gasteiger partial charge in [-0.25, -0.2) is 0 Å². The van der Waals surface area contributed by atoms with Crippen molar-refractivity contribution < 1.29 is 14.3 Å². The Morgan fingerprint density at radius 3 is 3.00 bits per heavy atom. The molecule has 0 bridgehead atoms. The lowest BCUT2D eigenvalue weighted by Gasteiger charge is -2.15. The van der Waals surface area contributed by atoms with Crippen LogP contribution in [0.5, 0.6) is 11.5 Å². The summed E-state index contributed by atoms with van der Waals surface area (Å²) in [7, 11) is 1.71. The molecular formula is C19H15ClN2O3. The van der Waals surface area contributed by atoms with E-state index in [-0.39, 0.29) is 12.7 Å². The number of rotatable bonds is 4. The van der Waals surface area contributed by atoms with Crippen LogP contribution in [0.3, 0.4) is 0 Å². The molecule has 25 heavy (non-hydrogen) atoms. The minimum Gasteiger partial charge on any atom is -0.454 e. The molecule has 1 heterocycles. The minimum atomic E-state index is -0.156. The monoisotopic (exact) mass is 354 g/mol. The summed E-state index contributed by atoms with van der Waals surface area (Å²) in [4.78, 5) is 13.9. The van der Waals surface area contributed by atoms with Crippen molar-refractivity contribution in [3.63, 3.8) is 0 Å². The summed E-state index contributed by atoms with van der Waals surface area (Å²) in [6.07, 6.45) is 3.15. The van der Waals surface area contributed by atoms with E-state index in [0.717, 1.165) is 11.1 Å². The van der Waals surface area contributed by atoms with Gasteiger partial charge in [0.25, 0.3) is 0 Å². The van der Waals surface area contributed by atoms with Gasteiger partial charge in [-0.05, 0) is 41.5 Å². The molecular weight excluding hydrogens is 340 g/mol. The number of nitriles is 1. The van der Waals surface area contributed by atoms with Gasteiger partial charge in [0.15, 0.2) is 11.5 Å². The Bertz CT molecular complexity index is 887. The number of carbonyl (C=O) groups is 1. The minimum absolute atomic E-state index is 0.144. The second-order valence-electron chi connectivity index (χ2n) is 5.58. The molecule has 126 valence electrons. The van der Waals surface area contributed by atoms with Crippen molar-refractivity contribution >= 4 is 23.6 Å². The summed E-state index contributed by atoms with van der Waals surface area (Å²) in [5, 5.41) is 9.38. The highest BCUT2D eigenvalue weighted by Crippen LogP contribution is 2.40. The summed E-state index contributed by atoms with van der Waals surface area (Å²) in [6, 6.07) is 12.8. The molecule has 5 nitrogen and oxygen atoms in total. The van der Waals surface area contributed by atoms with E-state index in [2.05, 4.69) is 6.07 Å². The van der Waals surface area contributed by atoms with Crippen molar-refractivity contribution in [2.24, 2.45) is 0 Å². The van der Waals surface area contributed by atoms with Gasteiger partial charge in [-0.15, -0.1) is 0 Å². The summed E-state index contributed by atoms with van der Waals surface area (Å²) in [5.74, 6) is 0.942. The molecule has 3 rings (SSSR count). The largest absolute Gasteiger partial charge is 0.454 e. The van der Waals surface area contributed by atoms with Crippen LogP contribution in [-0.2, 0) is 11.3 Å². The molecule has 0 aromatic heterocycles. The zero-order valence-corrected chi connectivity index (χ0v) is 14.3. The van der Waals surface area contributed by atoms with E-state index in [1.165, 1.54) is 6.08 Å². The van der Waals surface area contributed by atoms with E-state index in [0.29, 0.717) is 28.6 Å². The highest BCUT2D eigenvalue weighted by atomic mass is 35.5. The molecule has 0 atom stereocenters. The number of halogens is 1. The van der Waals surface area contributed by atoms with E-state index >= 15 is 0 Å². The van der Waals surface area contributed by atoms with Gasteiger partial charge in [0.1, 0.15) is 0 Å². The van der Waals surface area contributed by atoms with Crippen molar-refractivity contribution in [2.45, 2.75) is 6.54 Å². The molecule has 0 fully saturated rings. The van der Waals surface area contributed by atoms with Crippen LogP contribution in [0.4, 0.5) is 0 Å². The van der Waals surface area contributed by atoms with E-state index in [4.69, 9.17) is 26.3 Å². The molecule has 0 aliphatic carbocycles. The number of ether oxygens (including phenoxy) is 2. The molecule has 6 heteroatoms. The maximum absolute atomic E-state index is 12.3. The lowest BCUT2D eigenvalue weighted by Crippen LogP contribution is -2.24. The highest BCUT2D eigenvalue weighted by molar-refractivity contribution is 6.32. The first kappa shape index (κ1) is 16.9. The fourth-order valence-corrected chi connectivity index (χ4v) is 2.74. The fourth-order valence-electron chi connectivity index (χ4n) is 2.47. The average molecular weight is 355 g/mol. The van der Waals surface area contributed by atoms with Crippen molar-refractivity contribution in [3.05, 3.63) is 64.2 Å². The van der Waals surface area contributed by atoms with Gasteiger partial charge in [0, 0.05) is 19.7 Å². The van der Waals surface area contributed by atoms with Crippen LogP contribution >= 0.6 is 11.6 Å². The Kier molecular flexibility index (Phi) is 4.92. The summed E-state index contributed by atoms with van der Waals surface area (Å²) in [5.41, 5.74) is 2.22. The smallest absolute Gasteiger partial charge is 0.246 e. The van der Waals surface area contributed by atoms with Gasteiger partial charge < -0.3 is 14.4 Å². The Morgan fingerprint density at radius 1 is 1.36 bits per heavy atom. The number of hydrogen-bond donors (Lipinski definition) is 0. The van der Waals surface area contributed by atoms with Crippen molar-refractivity contribution in [1.29, 1.82) is 5.26 Å². The molecule has 2 aromatic rings. The van der Waals surface area contributed by atoms with Gasteiger partial charge >= 0.3 is 0 Å². The first-order valence-electron chi connectivity index (χ1n) is 7.58. The van der Waals surface area contributed by atoms with Crippen molar-refractivity contribution in [3.8, 4) is 17.6 Å². The number of nitrogens with zero attached hydrogens (tertiary/aromatic N) is 2. The molecule has 2 aromatic carbocycles. The second-order valence-corrected chi connectivity index (χ2v) is 5.98. The molecule has 0 spiro atoms. The number of carbonyl (C=O) groups excluding carboxylic acids is 1. The third kappa shape index (κ3) is 3.93. The number of hydrogen-bond acceptors (Lipinski definition) is 4. The van der Waals surface area contributed by atoms with Gasteiger partial charge in [-0.2, -0.15) is 5.26 Å². The topological polar surface area (TPSA) is 62.6 Å². The maximum atomic E-state index is 12.3. The number of fused-ring (bicyclic) bond motifs is 1. The first-order chi connectivity index (χ1) is 12.1. The Labute approximate surface area is 150 Å². The van der Waals surface area contributed by atoms with Gasteiger partial charge in [0.05, 0.1) is 16.7 Å². The van der Waals surface area contributed by atoms with Crippen LogP contribution in [-0.4, -0.2) is 24.6 Å². The zero-order chi connectivity index (χ0) is 17.8. The van der Waals surface area contributed by atoms with Gasteiger partial charge in [0.2, 0.25) is 12.7 Å². The number of benzene rings is 2. The van der Waals surface area contributed by atoms with Crippen LogP contribution in [0.25, 0.3) is 6.08 Å². The highest BCUT2D eigenvalue weighted by Gasteiger charge is 2.17. The predicted molar refractivity (Wildman–Crippen MR) is 94.2 cm³/mol. The molecule has 0 saturated carbocycles. The number of likely N-dealkylation sites (N-methyl/N-ethyl adjacent to an activating group) is 1. The first-order valence-corrected chi connectivity index (χ1v) is 7.96. The Hall–Kier alpha value is -2.97. The molecule has 0 unspecified atom stereocenters. The average Bonchev–Trinajstić information content (AvgIpc) is 3.09. The van der Waals surface area contributed by atoms with E-state index in [1.807, 2.05) is 6.07 Å². The molecule has 1 aliphatic rings. The van der Waals surface area contributed by atoms with E-state index < -0.39 is 0 Å². The van der Waals surface area contributed by atoms with Crippen LogP contribution in [0.15, 0.2) is 42.5 Å². The maximum Gasteiger partial charge on any atom is 0.246 e. The Morgan fingerprint density at radius 2 is 2.20 bits per heavy atom. The fraction of sp³-hybridized carbons (Fsp3) is 0.158. The van der Waals surface area contributed by atoms with E-state index in [9.17, 15) is 4.79 Å². The zero-order valence-electron chi connectivity index (χ0n) is 13.5. The molecule has 0 saturated heterocycles. The SMILES string of the molecule is CN(Cc1cccc(C#N)c1)C(=O)/C=C/c1cc(Cl)c2c(c1)OCO2. The standard InChI is InChI=1S/C19H15ClN2O3/c1-22(11-15-4-2-3-14(7-15)10-21)18(23)6-5-13-8-16(20)19-17(9-13)24-12-25-19/h2-9H,11-12H2,1H3/b6-5+. The van der Waals surface area contributed by atoms with Crippen LogP contribution < -0.4 is 9.47 Å². The predicted octanol–water partition coefficient (Wildman–Crippen LogP) is 3.61. The van der Waals surface area contributed by atoms with Crippen LogP contribution in [0.2, 0.25) is 5.02 Å². The summed E-state index contributed by atoms with van der Waals surface area (Å²) < 4.78 is 10.6. The van der Waals surface area contributed by atoms with Gasteiger partial charge in [-0.1, -0.05) is 23.7 Å². The van der Waals surface area contributed by atoms with E-state index in [1.54, 1.807) is 48.4 Å². The molecule has 1 aliphatic heterocycles. The third-order valence-corrected chi connectivity index (χ3v) is 4.00.